The number of hydrogen-bond acceptors (Lipinski definition) is 4. The summed E-state index contributed by atoms with van der Waals surface area (Å²) in [6, 6.07) is 25.0. The molecule has 0 spiro atoms. The van der Waals surface area contributed by atoms with Gasteiger partial charge < -0.3 is 4.74 Å². The van der Waals surface area contributed by atoms with Crippen LogP contribution in [-0.4, -0.2) is 17.4 Å². The van der Waals surface area contributed by atoms with E-state index in [4.69, 9.17) is 9.72 Å². The number of ether oxygens (including phenoxy) is 1. The molecule has 170 valence electrons. The summed E-state index contributed by atoms with van der Waals surface area (Å²) in [5.74, 6) is 2.17. The Morgan fingerprint density at radius 3 is 2.36 bits per heavy atom. The van der Waals surface area contributed by atoms with Gasteiger partial charge in [0.25, 0.3) is 5.91 Å². The number of anilines is 1. The van der Waals surface area contributed by atoms with E-state index in [2.05, 4.69) is 19.9 Å². The third-order valence-electron chi connectivity index (χ3n) is 5.86. The maximum Gasteiger partial charge on any atom is 0.260 e. The number of benzene rings is 3. The Morgan fingerprint density at radius 1 is 0.939 bits per heavy atom. The Hall–Kier alpha value is -3.18. The first-order valence-corrected chi connectivity index (χ1v) is 12.5. The minimum atomic E-state index is -0.0242. The average molecular weight is 459 g/mol. The van der Waals surface area contributed by atoms with Gasteiger partial charge in [0.1, 0.15) is 11.5 Å². The Morgan fingerprint density at radius 2 is 1.64 bits per heavy atom. The van der Waals surface area contributed by atoms with E-state index in [0.29, 0.717) is 23.8 Å². The van der Waals surface area contributed by atoms with Gasteiger partial charge in [-0.1, -0.05) is 74.8 Å². The predicted octanol–water partition coefficient (Wildman–Crippen LogP) is 7.95. The van der Waals surface area contributed by atoms with Crippen LogP contribution in [0.15, 0.2) is 78.9 Å². The summed E-state index contributed by atoms with van der Waals surface area (Å²) in [6.45, 7) is 5.18. The lowest BCUT2D eigenvalue weighted by Crippen LogP contribution is -2.31. The molecule has 1 heterocycles. The van der Waals surface area contributed by atoms with E-state index in [9.17, 15) is 4.79 Å². The molecule has 33 heavy (non-hydrogen) atoms. The van der Waals surface area contributed by atoms with Crippen LogP contribution in [0.4, 0.5) is 5.13 Å². The SMILES string of the molecule is CCC(C)CCCCN(C(=O)c1ccc(Oc2ccccc2)cc1)c1nc2ccccc2s1. The molecule has 1 amide bonds. The lowest BCUT2D eigenvalue weighted by molar-refractivity contribution is 0.0986. The van der Waals surface area contributed by atoms with E-state index in [1.165, 1.54) is 12.8 Å². The van der Waals surface area contributed by atoms with Gasteiger partial charge >= 0.3 is 0 Å². The Bertz CT molecular complexity index is 1140. The lowest BCUT2D eigenvalue weighted by atomic mass is 10.0. The fraction of sp³-hybridized carbons (Fsp3) is 0.286. The van der Waals surface area contributed by atoms with Crippen LogP contribution in [-0.2, 0) is 0 Å². The van der Waals surface area contributed by atoms with E-state index in [0.717, 1.165) is 33.9 Å². The number of amides is 1. The Balaban J connectivity index is 1.51. The first-order valence-electron chi connectivity index (χ1n) is 11.6. The molecular formula is C28H30N2O2S. The molecule has 4 rings (SSSR count). The van der Waals surface area contributed by atoms with Crippen LogP contribution in [0.1, 0.15) is 49.9 Å². The molecule has 0 saturated carbocycles. The van der Waals surface area contributed by atoms with Gasteiger partial charge in [0.15, 0.2) is 5.13 Å². The molecule has 1 aromatic heterocycles. The van der Waals surface area contributed by atoms with Crippen LogP contribution in [0.25, 0.3) is 10.2 Å². The van der Waals surface area contributed by atoms with Crippen molar-refractivity contribution in [1.29, 1.82) is 0 Å². The van der Waals surface area contributed by atoms with Crippen molar-refractivity contribution in [1.82, 2.24) is 4.98 Å². The highest BCUT2D eigenvalue weighted by atomic mass is 32.1. The Labute approximate surface area is 199 Å². The van der Waals surface area contributed by atoms with Gasteiger partial charge in [0.2, 0.25) is 0 Å². The van der Waals surface area contributed by atoms with Gasteiger partial charge in [-0.25, -0.2) is 4.98 Å². The van der Waals surface area contributed by atoms with Crippen LogP contribution in [0.5, 0.6) is 11.5 Å². The zero-order chi connectivity index (χ0) is 23.0. The minimum absolute atomic E-state index is 0.0242. The predicted molar refractivity (Wildman–Crippen MR) is 138 cm³/mol. The lowest BCUT2D eigenvalue weighted by Gasteiger charge is -2.20. The van der Waals surface area contributed by atoms with Crippen molar-refractivity contribution < 1.29 is 9.53 Å². The zero-order valence-electron chi connectivity index (χ0n) is 19.2. The number of unbranched alkanes of at least 4 members (excludes halogenated alkanes) is 1. The molecule has 5 heteroatoms. The van der Waals surface area contributed by atoms with Crippen molar-refractivity contribution in [2.24, 2.45) is 5.92 Å². The second kappa shape index (κ2) is 11.1. The first-order chi connectivity index (χ1) is 16.1. The highest BCUT2D eigenvalue weighted by Gasteiger charge is 2.21. The van der Waals surface area contributed by atoms with Crippen molar-refractivity contribution in [2.45, 2.75) is 39.5 Å². The summed E-state index contributed by atoms with van der Waals surface area (Å²) in [5, 5.41) is 0.759. The summed E-state index contributed by atoms with van der Waals surface area (Å²) in [5.41, 5.74) is 1.57. The first kappa shape index (κ1) is 23.0. The highest BCUT2D eigenvalue weighted by molar-refractivity contribution is 7.22. The van der Waals surface area contributed by atoms with Crippen LogP contribution >= 0.6 is 11.3 Å². The number of hydrogen-bond donors (Lipinski definition) is 0. The van der Waals surface area contributed by atoms with E-state index < -0.39 is 0 Å². The largest absolute Gasteiger partial charge is 0.457 e. The van der Waals surface area contributed by atoms with Gasteiger partial charge in [-0.3, -0.25) is 9.69 Å². The van der Waals surface area contributed by atoms with Gasteiger partial charge in [-0.15, -0.1) is 0 Å². The van der Waals surface area contributed by atoms with Gasteiger partial charge in [-0.2, -0.15) is 0 Å². The normalized spacial score (nSPS) is 11.9. The molecule has 0 fully saturated rings. The number of nitrogens with zero attached hydrogens (tertiary/aromatic N) is 2. The van der Waals surface area contributed by atoms with E-state index >= 15 is 0 Å². The summed E-state index contributed by atoms with van der Waals surface area (Å²) >= 11 is 1.57. The fourth-order valence-electron chi connectivity index (χ4n) is 3.67. The number of para-hydroxylation sites is 2. The van der Waals surface area contributed by atoms with Crippen molar-refractivity contribution in [3.8, 4) is 11.5 Å². The molecule has 3 aromatic carbocycles. The number of carbonyl (C=O) groups excluding carboxylic acids is 1. The summed E-state index contributed by atoms with van der Waals surface area (Å²) in [6.07, 6.45) is 4.44. The molecule has 0 saturated heterocycles. The fourth-order valence-corrected chi connectivity index (χ4v) is 4.66. The zero-order valence-corrected chi connectivity index (χ0v) is 20.1. The second-order valence-corrected chi connectivity index (χ2v) is 9.38. The number of thiazole rings is 1. The molecule has 0 bridgehead atoms. The number of aromatic nitrogens is 1. The summed E-state index contributed by atoms with van der Waals surface area (Å²) < 4.78 is 6.97. The highest BCUT2D eigenvalue weighted by Crippen LogP contribution is 2.30. The topological polar surface area (TPSA) is 42.4 Å². The van der Waals surface area contributed by atoms with E-state index in [1.54, 1.807) is 11.3 Å². The number of rotatable bonds is 10. The maximum atomic E-state index is 13.5. The molecule has 4 nitrogen and oxygen atoms in total. The maximum absolute atomic E-state index is 13.5. The second-order valence-electron chi connectivity index (χ2n) is 8.37. The van der Waals surface area contributed by atoms with Gasteiger partial charge in [-0.05, 0) is 60.9 Å². The van der Waals surface area contributed by atoms with Crippen LogP contribution < -0.4 is 9.64 Å². The average Bonchev–Trinajstić information content (AvgIpc) is 3.28. The molecular weight excluding hydrogens is 428 g/mol. The number of fused-ring (bicyclic) bond motifs is 1. The van der Waals surface area contributed by atoms with Crippen molar-refractivity contribution in [2.75, 3.05) is 11.4 Å². The van der Waals surface area contributed by atoms with Gasteiger partial charge in [0, 0.05) is 12.1 Å². The molecule has 0 aliphatic heterocycles. The quantitative estimate of drug-likeness (QED) is 0.226. The third kappa shape index (κ3) is 5.99. The minimum Gasteiger partial charge on any atom is -0.457 e. The van der Waals surface area contributed by atoms with E-state index in [-0.39, 0.29) is 5.91 Å². The van der Waals surface area contributed by atoms with Crippen molar-refractivity contribution in [3.05, 3.63) is 84.4 Å². The molecule has 1 unspecified atom stereocenters. The summed E-state index contributed by atoms with van der Waals surface area (Å²) in [4.78, 5) is 20.1. The molecule has 0 aliphatic carbocycles. The molecule has 0 radical (unpaired) electrons. The van der Waals surface area contributed by atoms with Crippen LogP contribution in [0.2, 0.25) is 0 Å². The van der Waals surface area contributed by atoms with Crippen LogP contribution in [0.3, 0.4) is 0 Å². The van der Waals surface area contributed by atoms with Crippen molar-refractivity contribution in [3.63, 3.8) is 0 Å². The van der Waals surface area contributed by atoms with Crippen molar-refractivity contribution >= 4 is 32.6 Å². The number of carbonyl (C=O) groups is 1. The monoisotopic (exact) mass is 458 g/mol. The summed E-state index contributed by atoms with van der Waals surface area (Å²) in [7, 11) is 0. The molecule has 0 aliphatic rings. The third-order valence-corrected chi connectivity index (χ3v) is 6.92. The molecule has 0 N–H and O–H groups in total. The molecule has 4 aromatic rings. The Kier molecular flexibility index (Phi) is 7.74. The van der Waals surface area contributed by atoms with Gasteiger partial charge in [0.05, 0.1) is 10.2 Å². The van der Waals surface area contributed by atoms with Crippen LogP contribution in [0, 0.1) is 5.92 Å². The molecule has 1 atom stereocenters. The standard InChI is InChI=1S/C28H30N2O2S/c1-3-21(2)11-9-10-20-30(28-29-25-14-7-8-15-26(25)33-28)27(31)22-16-18-24(19-17-22)32-23-12-5-4-6-13-23/h4-8,12-19,21H,3,9-11,20H2,1-2H3. The van der Waals surface area contributed by atoms with E-state index in [1.807, 2.05) is 77.7 Å². The smallest absolute Gasteiger partial charge is 0.260 e.